The standard InChI is InChI=1S/C18H26FN5O/c1-4-9-20-18(21-14-17(25)22(2)3)24-12-10-23(11-13-24)16-7-5-15(19)6-8-16/h4-8H,1,9-14H2,2-3H3,(H,20,21). The van der Waals surface area contributed by atoms with Crippen LogP contribution in [-0.4, -0.2) is 75.0 Å². The molecule has 1 fully saturated rings. The third-order valence-electron chi connectivity index (χ3n) is 4.04. The van der Waals surface area contributed by atoms with E-state index in [4.69, 9.17) is 0 Å². The number of likely N-dealkylation sites (N-methyl/N-ethyl adjacent to an activating group) is 1. The number of halogens is 1. The molecule has 1 aliphatic rings. The highest BCUT2D eigenvalue weighted by Crippen LogP contribution is 2.16. The molecule has 6 nitrogen and oxygen atoms in total. The fourth-order valence-electron chi connectivity index (χ4n) is 2.54. The summed E-state index contributed by atoms with van der Waals surface area (Å²) in [5.74, 6) is 0.452. The normalized spacial score (nSPS) is 15.1. The van der Waals surface area contributed by atoms with Crippen LogP contribution in [0.15, 0.2) is 41.9 Å². The lowest BCUT2D eigenvalue weighted by atomic mass is 10.2. The monoisotopic (exact) mass is 347 g/mol. The van der Waals surface area contributed by atoms with Gasteiger partial charge in [0.05, 0.1) is 0 Å². The van der Waals surface area contributed by atoms with Crippen molar-refractivity contribution in [2.24, 2.45) is 4.99 Å². The van der Waals surface area contributed by atoms with E-state index in [9.17, 15) is 9.18 Å². The number of nitrogens with zero attached hydrogens (tertiary/aromatic N) is 4. The minimum Gasteiger partial charge on any atom is -0.368 e. The molecular weight excluding hydrogens is 321 g/mol. The minimum absolute atomic E-state index is 0.0390. The van der Waals surface area contributed by atoms with Crippen LogP contribution in [0, 0.1) is 5.82 Å². The van der Waals surface area contributed by atoms with E-state index in [1.165, 1.54) is 17.0 Å². The first-order valence-electron chi connectivity index (χ1n) is 8.36. The van der Waals surface area contributed by atoms with Crippen LogP contribution < -0.4 is 10.2 Å². The predicted molar refractivity (Wildman–Crippen MR) is 99.4 cm³/mol. The van der Waals surface area contributed by atoms with Crippen molar-refractivity contribution < 1.29 is 9.18 Å². The Hall–Kier alpha value is -2.57. The number of benzene rings is 1. The first-order chi connectivity index (χ1) is 12.0. The van der Waals surface area contributed by atoms with Crippen molar-refractivity contribution >= 4 is 17.6 Å². The zero-order valence-corrected chi connectivity index (χ0v) is 14.9. The number of aliphatic imine (C=N–C) groups is 1. The van der Waals surface area contributed by atoms with Gasteiger partial charge in [-0.25, -0.2) is 9.38 Å². The summed E-state index contributed by atoms with van der Waals surface area (Å²) >= 11 is 0. The molecule has 0 atom stereocenters. The van der Waals surface area contributed by atoms with E-state index in [0.717, 1.165) is 31.9 Å². The Balaban J connectivity index is 1.98. The maximum Gasteiger partial charge on any atom is 0.243 e. The van der Waals surface area contributed by atoms with Gasteiger partial charge in [-0.2, -0.15) is 0 Å². The van der Waals surface area contributed by atoms with Crippen molar-refractivity contribution in [2.45, 2.75) is 0 Å². The molecule has 0 aliphatic carbocycles. The number of amides is 1. The molecule has 1 aromatic carbocycles. The van der Waals surface area contributed by atoms with E-state index >= 15 is 0 Å². The smallest absolute Gasteiger partial charge is 0.243 e. The second-order valence-corrected chi connectivity index (χ2v) is 6.05. The average molecular weight is 347 g/mol. The van der Waals surface area contributed by atoms with Gasteiger partial charge < -0.3 is 20.0 Å². The van der Waals surface area contributed by atoms with Gasteiger partial charge in [0.2, 0.25) is 5.91 Å². The van der Waals surface area contributed by atoms with Crippen molar-refractivity contribution in [1.29, 1.82) is 0 Å². The van der Waals surface area contributed by atoms with E-state index in [-0.39, 0.29) is 18.3 Å². The van der Waals surface area contributed by atoms with E-state index in [1.54, 1.807) is 32.3 Å². The molecule has 25 heavy (non-hydrogen) atoms. The lowest BCUT2D eigenvalue weighted by Crippen LogP contribution is -2.52. The van der Waals surface area contributed by atoms with Crippen molar-refractivity contribution in [1.82, 2.24) is 15.1 Å². The number of piperazine rings is 1. The van der Waals surface area contributed by atoms with Gasteiger partial charge in [0.25, 0.3) is 0 Å². The predicted octanol–water partition coefficient (Wildman–Crippen LogP) is 1.17. The second-order valence-electron chi connectivity index (χ2n) is 6.05. The summed E-state index contributed by atoms with van der Waals surface area (Å²) in [6.45, 7) is 7.58. The summed E-state index contributed by atoms with van der Waals surface area (Å²) in [5.41, 5.74) is 1.02. The number of rotatable bonds is 5. The summed E-state index contributed by atoms with van der Waals surface area (Å²) in [6, 6.07) is 6.55. The van der Waals surface area contributed by atoms with E-state index in [1.807, 2.05) is 0 Å². The van der Waals surface area contributed by atoms with Gasteiger partial charge in [-0.05, 0) is 24.3 Å². The zero-order valence-electron chi connectivity index (χ0n) is 14.9. The Bertz CT molecular complexity index is 606. The van der Waals surface area contributed by atoms with Crippen LogP contribution in [0.2, 0.25) is 0 Å². The Morgan fingerprint density at radius 1 is 1.28 bits per heavy atom. The fraction of sp³-hybridized carbons (Fsp3) is 0.444. The third kappa shape index (κ3) is 5.48. The molecular formula is C18H26FN5O. The molecule has 0 bridgehead atoms. The molecule has 1 aromatic rings. The van der Waals surface area contributed by atoms with Crippen LogP contribution in [0.3, 0.4) is 0 Å². The maximum atomic E-state index is 13.1. The Morgan fingerprint density at radius 3 is 2.48 bits per heavy atom. The molecule has 1 N–H and O–H groups in total. The first kappa shape index (κ1) is 18.8. The van der Waals surface area contributed by atoms with Crippen molar-refractivity contribution in [3.63, 3.8) is 0 Å². The minimum atomic E-state index is -0.226. The van der Waals surface area contributed by atoms with E-state index < -0.39 is 0 Å². The molecule has 0 aromatic heterocycles. The number of hydrogen-bond acceptors (Lipinski definition) is 3. The van der Waals surface area contributed by atoms with Crippen LogP contribution in [-0.2, 0) is 4.79 Å². The molecule has 1 aliphatic heterocycles. The SMILES string of the molecule is C=CCNC(=NCC(=O)N(C)C)N1CCN(c2ccc(F)cc2)CC1. The molecule has 1 heterocycles. The van der Waals surface area contributed by atoms with Crippen LogP contribution in [0.5, 0.6) is 0 Å². The quantitative estimate of drug-likeness (QED) is 0.494. The van der Waals surface area contributed by atoms with Gasteiger partial charge in [-0.3, -0.25) is 4.79 Å². The molecule has 2 rings (SSSR count). The zero-order chi connectivity index (χ0) is 18.2. The number of nitrogens with one attached hydrogen (secondary N) is 1. The highest BCUT2D eigenvalue weighted by molar-refractivity contribution is 5.85. The average Bonchev–Trinajstić information content (AvgIpc) is 2.62. The highest BCUT2D eigenvalue weighted by Gasteiger charge is 2.20. The largest absolute Gasteiger partial charge is 0.368 e. The maximum absolute atomic E-state index is 13.1. The van der Waals surface area contributed by atoms with Crippen LogP contribution in [0.4, 0.5) is 10.1 Å². The van der Waals surface area contributed by atoms with Crippen molar-refractivity contribution in [3.05, 3.63) is 42.7 Å². The number of carbonyl (C=O) groups excluding carboxylic acids is 1. The third-order valence-corrected chi connectivity index (χ3v) is 4.04. The summed E-state index contributed by atoms with van der Waals surface area (Å²) in [6.07, 6.45) is 1.76. The molecule has 0 radical (unpaired) electrons. The number of guanidine groups is 1. The summed E-state index contributed by atoms with van der Waals surface area (Å²) < 4.78 is 13.1. The number of hydrogen-bond donors (Lipinski definition) is 1. The van der Waals surface area contributed by atoms with E-state index in [0.29, 0.717) is 12.5 Å². The first-order valence-corrected chi connectivity index (χ1v) is 8.36. The van der Waals surface area contributed by atoms with Crippen molar-refractivity contribution in [2.75, 3.05) is 58.3 Å². The van der Waals surface area contributed by atoms with E-state index in [2.05, 4.69) is 26.7 Å². The summed E-state index contributed by atoms with van der Waals surface area (Å²) in [4.78, 5) is 22.1. The van der Waals surface area contributed by atoms with Gasteiger partial charge in [0.15, 0.2) is 5.96 Å². The molecule has 136 valence electrons. The molecule has 1 amide bonds. The Kier molecular flexibility index (Phi) is 6.80. The molecule has 0 spiro atoms. The summed E-state index contributed by atoms with van der Waals surface area (Å²) in [7, 11) is 3.44. The topological polar surface area (TPSA) is 51.2 Å². The lowest BCUT2D eigenvalue weighted by molar-refractivity contribution is -0.127. The van der Waals surface area contributed by atoms with Gasteiger partial charge >= 0.3 is 0 Å². The molecule has 0 saturated carbocycles. The van der Waals surface area contributed by atoms with Gasteiger partial charge in [-0.15, -0.1) is 6.58 Å². The molecule has 0 unspecified atom stereocenters. The second kappa shape index (κ2) is 9.05. The Morgan fingerprint density at radius 2 is 1.92 bits per heavy atom. The molecule has 7 heteroatoms. The molecule has 1 saturated heterocycles. The lowest BCUT2D eigenvalue weighted by Gasteiger charge is -2.37. The van der Waals surface area contributed by atoms with Crippen molar-refractivity contribution in [3.8, 4) is 0 Å². The Labute approximate surface area is 148 Å². The van der Waals surface area contributed by atoms with Crippen LogP contribution in [0.25, 0.3) is 0 Å². The van der Waals surface area contributed by atoms with Gasteiger partial charge in [0.1, 0.15) is 12.4 Å². The van der Waals surface area contributed by atoms with Crippen LogP contribution >= 0.6 is 0 Å². The summed E-state index contributed by atoms with van der Waals surface area (Å²) in [5, 5.41) is 3.21. The van der Waals surface area contributed by atoms with Gasteiger partial charge in [-0.1, -0.05) is 6.08 Å². The fourth-order valence-corrected chi connectivity index (χ4v) is 2.54. The van der Waals surface area contributed by atoms with Crippen LogP contribution in [0.1, 0.15) is 0 Å². The number of anilines is 1. The number of carbonyl (C=O) groups is 1. The van der Waals surface area contributed by atoms with Gasteiger partial charge in [0, 0.05) is 52.5 Å². The highest BCUT2D eigenvalue weighted by atomic mass is 19.1.